The van der Waals surface area contributed by atoms with Gasteiger partial charge >= 0.3 is 0 Å². The van der Waals surface area contributed by atoms with E-state index in [1.165, 1.54) is 13.2 Å². The number of hydrogen-bond donors (Lipinski definition) is 3. The summed E-state index contributed by atoms with van der Waals surface area (Å²) in [5.74, 6) is -1.46. The smallest absolute Gasteiger partial charge is 0.245 e. The molecule has 1 aliphatic carbocycles. The zero-order valence-corrected chi connectivity index (χ0v) is 26.7. The number of ether oxygens (including phenoxy) is 5. The first-order valence-electron chi connectivity index (χ1n) is 15.7. The van der Waals surface area contributed by atoms with E-state index < -0.39 is 41.2 Å². The number of fused-ring (bicyclic) bond motifs is 5. The molecule has 2 fully saturated rings. The second-order valence-electron chi connectivity index (χ2n) is 12.7. The molecule has 0 spiro atoms. The lowest BCUT2D eigenvalue weighted by Crippen LogP contribution is -2.56. The van der Waals surface area contributed by atoms with E-state index in [0.29, 0.717) is 42.0 Å². The molecule has 3 aliphatic heterocycles. The molecule has 7 rings (SSSR count). The van der Waals surface area contributed by atoms with E-state index in [1.54, 1.807) is 42.3 Å². The summed E-state index contributed by atoms with van der Waals surface area (Å²) in [5.41, 5.74) is -1.77. The molecular formula is C36H38N2O9. The molecule has 6 atom stereocenters. The van der Waals surface area contributed by atoms with Gasteiger partial charge in [-0.05, 0) is 49.9 Å². The monoisotopic (exact) mass is 642 g/mol. The topological polar surface area (TPSA) is 136 Å². The number of carbonyl (C=O) groups is 2. The largest absolute Gasteiger partial charge is 0.497 e. The number of carbonyl (C=O) groups excluding carboxylic acids is 2. The first-order valence-corrected chi connectivity index (χ1v) is 15.7. The fourth-order valence-electron chi connectivity index (χ4n) is 7.91. The minimum Gasteiger partial charge on any atom is -0.497 e. The number of methoxy groups -OCH3 is 2. The summed E-state index contributed by atoms with van der Waals surface area (Å²) in [6, 6.07) is 18.0. The quantitative estimate of drug-likeness (QED) is 0.330. The molecule has 0 radical (unpaired) electrons. The number of aliphatic hydroxyl groups excluding tert-OH is 1. The second kappa shape index (κ2) is 11.5. The third kappa shape index (κ3) is 4.55. The van der Waals surface area contributed by atoms with Crippen LogP contribution in [0.2, 0.25) is 0 Å². The molecule has 4 aliphatic rings. The van der Waals surface area contributed by atoms with Gasteiger partial charge in [0.1, 0.15) is 29.4 Å². The van der Waals surface area contributed by atoms with Crippen LogP contribution in [0.25, 0.3) is 0 Å². The molecule has 11 heteroatoms. The number of nitrogens with zero attached hydrogens (tertiary/aromatic N) is 1. The van der Waals surface area contributed by atoms with Crippen molar-refractivity contribution in [2.75, 3.05) is 27.6 Å². The van der Waals surface area contributed by atoms with E-state index in [1.807, 2.05) is 44.2 Å². The van der Waals surface area contributed by atoms with Crippen LogP contribution in [0.3, 0.4) is 0 Å². The van der Waals surface area contributed by atoms with Crippen molar-refractivity contribution in [1.82, 2.24) is 10.2 Å². The van der Waals surface area contributed by atoms with Crippen molar-refractivity contribution in [3.8, 4) is 28.7 Å². The molecule has 3 aromatic rings. The second-order valence-corrected chi connectivity index (χ2v) is 12.7. The van der Waals surface area contributed by atoms with Crippen molar-refractivity contribution in [2.45, 2.75) is 56.1 Å². The molecule has 3 heterocycles. The van der Waals surface area contributed by atoms with Crippen molar-refractivity contribution in [2.24, 2.45) is 5.92 Å². The molecule has 1 saturated carbocycles. The van der Waals surface area contributed by atoms with E-state index in [-0.39, 0.29) is 35.5 Å². The number of allylic oxidation sites excluding steroid dienone is 1. The number of benzene rings is 3. The van der Waals surface area contributed by atoms with Crippen LogP contribution >= 0.6 is 0 Å². The zero-order chi connectivity index (χ0) is 33.1. The summed E-state index contributed by atoms with van der Waals surface area (Å²) >= 11 is 0. The highest BCUT2D eigenvalue weighted by Gasteiger charge is 2.77. The van der Waals surface area contributed by atoms with Gasteiger partial charge in [-0.3, -0.25) is 9.59 Å². The van der Waals surface area contributed by atoms with Crippen LogP contribution in [0.5, 0.6) is 28.7 Å². The molecule has 3 unspecified atom stereocenters. The summed E-state index contributed by atoms with van der Waals surface area (Å²) < 4.78 is 29.7. The predicted molar refractivity (Wildman–Crippen MR) is 169 cm³/mol. The average Bonchev–Trinajstić information content (AvgIpc) is 3.76. The van der Waals surface area contributed by atoms with E-state index >= 15 is 4.79 Å². The first kappa shape index (κ1) is 30.9. The Morgan fingerprint density at radius 3 is 2.45 bits per heavy atom. The van der Waals surface area contributed by atoms with Gasteiger partial charge in [0.2, 0.25) is 24.4 Å². The van der Waals surface area contributed by atoms with Crippen LogP contribution in [0, 0.1) is 5.92 Å². The van der Waals surface area contributed by atoms with Gasteiger partial charge in [0.25, 0.3) is 0 Å². The SMILES string of the molecule is COc1ccc([C@@]23Oc4cc5c(c(OC)c4C(O)(C2O)[C@H](C(=O)N2CCCC2NC(=O)C=C(C)C)[C@H]3c2ccccc2)OCO5)cc1. The Kier molecular flexibility index (Phi) is 7.56. The van der Waals surface area contributed by atoms with Gasteiger partial charge in [0.05, 0.1) is 25.7 Å². The first-order chi connectivity index (χ1) is 22.6. The molecule has 11 nitrogen and oxygen atoms in total. The van der Waals surface area contributed by atoms with Crippen molar-refractivity contribution in [3.63, 3.8) is 0 Å². The van der Waals surface area contributed by atoms with Crippen LogP contribution in [0.15, 0.2) is 72.3 Å². The summed E-state index contributed by atoms with van der Waals surface area (Å²) in [4.78, 5) is 29.6. The van der Waals surface area contributed by atoms with Gasteiger partial charge in [-0.2, -0.15) is 0 Å². The van der Waals surface area contributed by atoms with Gasteiger partial charge in [0.15, 0.2) is 17.1 Å². The number of aliphatic hydroxyl groups is 2. The summed E-state index contributed by atoms with van der Waals surface area (Å²) in [6.07, 6.45) is 0.402. The zero-order valence-electron chi connectivity index (χ0n) is 26.7. The summed E-state index contributed by atoms with van der Waals surface area (Å²) in [5, 5.41) is 28.9. The minimum absolute atomic E-state index is 0.0744. The number of rotatable bonds is 7. The number of amides is 2. The van der Waals surface area contributed by atoms with Crippen molar-refractivity contribution in [1.29, 1.82) is 0 Å². The molecule has 2 bridgehead atoms. The molecule has 246 valence electrons. The highest BCUT2D eigenvalue weighted by Crippen LogP contribution is 2.70. The van der Waals surface area contributed by atoms with Crippen molar-refractivity contribution < 1.29 is 43.5 Å². The van der Waals surface area contributed by atoms with Crippen molar-refractivity contribution >= 4 is 11.8 Å². The maximum Gasteiger partial charge on any atom is 0.245 e. The van der Waals surface area contributed by atoms with Crippen LogP contribution in [-0.2, 0) is 20.8 Å². The Hall–Kier alpha value is -4.74. The average molecular weight is 643 g/mol. The summed E-state index contributed by atoms with van der Waals surface area (Å²) in [6.45, 7) is 3.93. The maximum atomic E-state index is 15.2. The van der Waals surface area contributed by atoms with Crippen LogP contribution in [0.1, 0.15) is 49.3 Å². The van der Waals surface area contributed by atoms with E-state index in [2.05, 4.69) is 5.32 Å². The van der Waals surface area contributed by atoms with Crippen LogP contribution in [0.4, 0.5) is 0 Å². The number of likely N-dealkylation sites (tertiary alicyclic amines) is 1. The Morgan fingerprint density at radius 2 is 1.77 bits per heavy atom. The third-order valence-corrected chi connectivity index (χ3v) is 9.79. The molecule has 0 aromatic heterocycles. The molecule has 2 amide bonds. The summed E-state index contributed by atoms with van der Waals surface area (Å²) in [7, 11) is 2.98. The Bertz CT molecular complexity index is 1740. The maximum absolute atomic E-state index is 15.2. The normalized spacial score (nSPS) is 28.3. The molecule has 1 saturated heterocycles. The minimum atomic E-state index is -2.24. The third-order valence-electron chi connectivity index (χ3n) is 9.79. The lowest BCUT2D eigenvalue weighted by Gasteiger charge is -2.45. The molecular weight excluding hydrogens is 604 g/mol. The standard InChI is InChI=1S/C36H38N2O9/c1-20(2)17-27(39)37-26-11-8-16-38(26)33(40)30-28(21-9-6-5-7-10-21)36(22-12-14-23(43-3)15-13-22)34(41)35(30,42)29-24(47-36)18-25-31(32(29)44-4)46-19-45-25/h5-7,9-10,12-15,17-18,26,28,30,34,41-42H,8,11,16,19H2,1-4H3,(H,37,39)/t26?,28-,30+,34?,35?,36+/m1/s1. The van der Waals surface area contributed by atoms with Gasteiger partial charge in [-0.1, -0.05) is 48.0 Å². The molecule has 47 heavy (non-hydrogen) atoms. The number of nitrogens with one attached hydrogen (secondary N) is 1. The molecule has 3 aromatic carbocycles. The number of hydrogen-bond acceptors (Lipinski definition) is 9. The van der Waals surface area contributed by atoms with E-state index in [9.17, 15) is 15.0 Å². The lowest BCUT2D eigenvalue weighted by atomic mass is 9.75. The van der Waals surface area contributed by atoms with Gasteiger partial charge < -0.3 is 44.1 Å². The Morgan fingerprint density at radius 1 is 1.02 bits per heavy atom. The van der Waals surface area contributed by atoms with Gasteiger partial charge in [-0.25, -0.2) is 0 Å². The lowest BCUT2D eigenvalue weighted by molar-refractivity contribution is -0.167. The van der Waals surface area contributed by atoms with Crippen LogP contribution in [-0.4, -0.2) is 66.8 Å². The Balaban J connectivity index is 1.48. The van der Waals surface area contributed by atoms with E-state index in [0.717, 1.165) is 5.57 Å². The van der Waals surface area contributed by atoms with Gasteiger partial charge in [-0.15, -0.1) is 0 Å². The highest BCUT2D eigenvalue weighted by molar-refractivity contribution is 5.90. The Labute approximate surface area is 272 Å². The van der Waals surface area contributed by atoms with Crippen molar-refractivity contribution in [3.05, 3.63) is 89.0 Å². The van der Waals surface area contributed by atoms with E-state index in [4.69, 9.17) is 23.7 Å². The van der Waals surface area contributed by atoms with Crippen LogP contribution < -0.4 is 29.0 Å². The molecule has 3 N–H and O–H groups in total. The predicted octanol–water partition coefficient (Wildman–Crippen LogP) is 3.71. The fraction of sp³-hybridized carbons (Fsp3) is 0.389. The highest BCUT2D eigenvalue weighted by atomic mass is 16.7. The fourth-order valence-corrected chi connectivity index (χ4v) is 7.91. The van der Waals surface area contributed by atoms with Gasteiger partial charge in [0, 0.05) is 24.6 Å².